The second-order valence-corrected chi connectivity index (χ2v) is 2.59. The van der Waals surface area contributed by atoms with Gasteiger partial charge in [-0.1, -0.05) is 0 Å². The lowest BCUT2D eigenvalue weighted by atomic mass is 10.1. The van der Waals surface area contributed by atoms with Crippen molar-refractivity contribution in [2.75, 3.05) is 5.73 Å². The summed E-state index contributed by atoms with van der Waals surface area (Å²) in [6.45, 7) is 3.79. The van der Waals surface area contributed by atoms with E-state index < -0.39 is 0 Å². The number of hydrogen-bond donors (Lipinski definition) is 2. The van der Waals surface area contributed by atoms with Gasteiger partial charge in [-0.2, -0.15) is 0 Å². The Morgan fingerprint density at radius 2 is 2.18 bits per heavy atom. The Bertz CT molecular complexity index is 248. The van der Waals surface area contributed by atoms with Crippen LogP contribution >= 0.6 is 0 Å². The largest absolute Gasteiger partial charge is 0.392 e. The minimum atomic E-state index is 0.0327. The topological polar surface area (TPSA) is 59.1 Å². The zero-order valence-electron chi connectivity index (χ0n) is 6.76. The van der Waals surface area contributed by atoms with Crippen molar-refractivity contribution in [1.82, 2.24) is 4.98 Å². The third kappa shape index (κ3) is 1.49. The van der Waals surface area contributed by atoms with Gasteiger partial charge in [-0.25, -0.2) is 4.98 Å². The van der Waals surface area contributed by atoms with Crippen LogP contribution in [0.5, 0.6) is 0 Å². The zero-order valence-corrected chi connectivity index (χ0v) is 6.76. The Hall–Kier alpha value is -1.09. The number of nitrogens with zero attached hydrogens (tertiary/aromatic N) is 1. The maximum atomic E-state index is 8.91. The lowest BCUT2D eigenvalue weighted by molar-refractivity contribution is 0.279. The number of aliphatic hydroxyl groups is 1. The number of rotatable bonds is 1. The van der Waals surface area contributed by atoms with Crippen LogP contribution in [0.15, 0.2) is 6.07 Å². The van der Waals surface area contributed by atoms with Crippen LogP contribution in [-0.2, 0) is 6.61 Å². The van der Waals surface area contributed by atoms with Gasteiger partial charge in [0.05, 0.1) is 6.61 Å². The maximum Gasteiger partial charge on any atom is 0.123 e. The van der Waals surface area contributed by atoms with Crippen LogP contribution in [0.1, 0.15) is 16.8 Å². The van der Waals surface area contributed by atoms with Gasteiger partial charge in [0.2, 0.25) is 0 Å². The molecule has 0 saturated carbocycles. The Balaban J connectivity index is 3.25. The number of aromatic nitrogens is 1. The monoisotopic (exact) mass is 152 g/mol. The molecular formula is C8H12N2O. The van der Waals surface area contributed by atoms with Crippen LogP contribution in [0.3, 0.4) is 0 Å². The van der Waals surface area contributed by atoms with Crippen LogP contribution in [0, 0.1) is 13.8 Å². The Morgan fingerprint density at radius 1 is 1.55 bits per heavy atom. The molecule has 1 aromatic heterocycles. The summed E-state index contributed by atoms with van der Waals surface area (Å²) >= 11 is 0. The lowest BCUT2D eigenvalue weighted by Crippen LogP contribution is -2.00. The first-order chi connectivity index (χ1) is 5.15. The fourth-order valence-corrected chi connectivity index (χ4v) is 1.13. The Morgan fingerprint density at radius 3 is 2.64 bits per heavy atom. The van der Waals surface area contributed by atoms with E-state index in [4.69, 9.17) is 10.8 Å². The fourth-order valence-electron chi connectivity index (χ4n) is 1.13. The number of aryl methyl sites for hydroxylation is 2. The molecule has 0 aliphatic rings. The summed E-state index contributed by atoms with van der Waals surface area (Å²) < 4.78 is 0. The smallest absolute Gasteiger partial charge is 0.123 e. The quantitative estimate of drug-likeness (QED) is 0.625. The van der Waals surface area contributed by atoms with Crippen molar-refractivity contribution in [2.24, 2.45) is 0 Å². The average molecular weight is 152 g/mol. The second kappa shape index (κ2) is 2.88. The van der Waals surface area contributed by atoms with Gasteiger partial charge >= 0.3 is 0 Å². The minimum Gasteiger partial charge on any atom is -0.392 e. The molecule has 0 unspecified atom stereocenters. The molecule has 3 nitrogen and oxygen atoms in total. The van der Waals surface area contributed by atoms with E-state index in [9.17, 15) is 0 Å². The first kappa shape index (κ1) is 8.01. The normalized spacial score (nSPS) is 10.1. The molecule has 0 aromatic carbocycles. The summed E-state index contributed by atoms with van der Waals surface area (Å²) in [6.07, 6.45) is 0. The number of hydrogen-bond acceptors (Lipinski definition) is 3. The van der Waals surface area contributed by atoms with Crippen molar-refractivity contribution >= 4 is 5.82 Å². The van der Waals surface area contributed by atoms with Crippen molar-refractivity contribution in [2.45, 2.75) is 20.5 Å². The molecule has 0 amide bonds. The van der Waals surface area contributed by atoms with Gasteiger partial charge in [-0.05, 0) is 25.5 Å². The molecule has 3 N–H and O–H groups in total. The van der Waals surface area contributed by atoms with Gasteiger partial charge in [0.1, 0.15) is 5.82 Å². The Kier molecular flexibility index (Phi) is 2.10. The van der Waals surface area contributed by atoms with Crippen molar-refractivity contribution in [3.05, 3.63) is 22.9 Å². The van der Waals surface area contributed by atoms with Crippen molar-refractivity contribution in [3.8, 4) is 0 Å². The van der Waals surface area contributed by atoms with Gasteiger partial charge in [0.25, 0.3) is 0 Å². The fraction of sp³-hybridized carbons (Fsp3) is 0.375. The molecular weight excluding hydrogens is 140 g/mol. The van der Waals surface area contributed by atoms with E-state index in [1.54, 1.807) is 6.07 Å². The van der Waals surface area contributed by atoms with E-state index in [2.05, 4.69) is 4.98 Å². The first-order valence-corrected chi connectivity index (χ1v) is 3.48. The molecule has 1 heterocycles. The molecule has 0 fully saturated rings. The van der Waals surface area contributed by atoms with Crippen LogP contribution in [0.4, 0.5) is 5.82 Å². The third-order valence-electron chi connectivity index (χ3n) is 1.73. The molecule has 0 spiro atoms. The highest BCUT2D eigenvalue weighted by Gasteiger charge is 2.02. The molecule has 60 valence electrons. The Labute approximate surface area is 65.9 Å². The predicted molar refractivity (Wildman–Crippen MR) is 44.0 cm³/mol. The summed E-state index contributed by atoms with van der Waals surface area (Å²) in [6, 6.07) is 1.76. The summed E-state index contributed by atoms with van der Waals surface area (Å²) in [5.41, 5.74) is 8.17. The van der Waals surface area contributed by atoms with Crippen LogP contribution in [0.25, 0.3) is 0 Å². The molecule has 0 aliphatic heterocycles. The van der Waals surface area contributed by atoms with E-state index in [1.165, 1.54) is 0 Å². The summed E-state index contributed by atoms with van der Waals surface area (Å²) in [7, 11) is 0. The van der Waals surface area contributed by atoms with Crippen molar-refractivity contribution < 1.29 is 5.11 Å². The molecule has 1 aromatic rings. The molecule has 0 radical (unpaired) electrons. The van der Waals surface area contributed by atoms with E-state index in [0.29, 0.717) is 5.82 Å². The average Bonchev–Trinajstić information content (AvgIpc) is 1.85. The third-order valence-corrected chi connectivity index (χ3v) is 1.73. The summed E-state index contributed by atoms with van der Waals surface area (Å²) in [4.78, 5) is 4.02. The molecule has 0 bridgehead atoms. The standard InChI is InChI=1S/C8H12N2O/c1-5-3-8(9)10-6(2)7(5)4-11/h3,11H,4H2,1-2H3,(H2,9,10). The molecule has 11 heavy (non-hydrogen) atoms. The van der Waals surface area contributed by atoms with E-state index in [1.807, 2.05) is 13.8 Å². The first-order valence-electron chi connectivity index (χ1n) is 3.48. The number of anilines is 1. The highest BCUT2D eigenvalue weighted by molar-refractivity contribution is 5.39. The van der Waals surface area contributed by atoms with Gasteiger partial charge in [-0.3, -0.25) is 0 Å². The SMILES string of the molecule is Cc1cc(N)nc(C)c1CO. The number of pyridine rings is 1. The molecule has 1 rings (SSSR count). The van der Waals surface area contributed by atoms with Crippen LogP contribution in [-0.4, -0.2) is 10.1 Å². The van der Waals surface area contributed by atoms with Gasteiger partial charge < -0.3 is 10.8 Å². The molecule has 0 atom stereocenters. The molecule has 0 aliphatic carbocycles. The van der Waals surface area contributed by atoms with Crippen LogP contribution in [0.2, 0.25) is 0 Å². The number of nitrogen functional groups attached to an aromatic ring is 1. The number of nitrogens with two attached hydrogens (primary N) is 1. The van der Waals surface area contributed by atoms with Crippen molar-refractivity contribution in [1.29, 1.82) is 0 Å². The maximum absolute atomic E-state index is 8.91. The predicted octanol–water partition coefficient (Wildman–Crippen LogP) is 0.773. The summed E-state index contributed by atoms with van der Waals surface area (Å²) in [5, 5.41) is 8.91. The molecule has 3 heteroatoms. The highest BCUT2D eigenvalue weighted by atomic mass is 16.3. The van der Waals surface area contributed by atoms with E-state index in [0.717, 1.165) is 16.8 Å². The van der Waals surface area contributed by atoms with Gasteiger partial charge in [0.15, 0.2) is 0 Å². The van der Waals surface area contributed by atoms with Gasteiger partial charge in [-0.15, -0.1) is 0 Å². The van der Waals surface area contributed by atoms with Crippen LogP contribution < -0.4 is 5.73 Å². The van der Waals surface area contributed by atoms with Crippen molar-refractivity contribution in [3.63, 3.8) is 0 Å². The van der Waals surface area contributed by atoms with Gasteiger partial charge in [0, 0.05) is 11.3 Å². The zero-order chi connectivity index (χ0) is 8.43. The number of aliphatic hydroxyl groups excluding tert-OH is 1. The minimum absolute atomic E-state index is 0.0327. The van der Waals surface area contributed by atoms with E-state index in [-0.39, 0.29) is 6.61 Å². The highest BCUT2D eigenvalue weighted by Crippen LogP contribution is 2.13. The second-order valence-electron chi connectivity index (χ2n) is 2.59. The van der Waals surface area contributed by atoms with E-state index >= 15 is 0 Å². The summed E-state index contributed by atoms with van der Waals surface area (Å²) in [5.74, 6) is 0.511. The molecule has 0 saturated heterocycles. The lowest BCUT2D eigenvalue weighted by Gasteiger charge is -2.06.